The van der Waals surface area contributed by atoms with Gasteiger partial charge in [0.15, 0.2) is 0 Å². The van der Waals surface area contributed by atoms with Gasteiger partial charge in [-0.15, -0.1) is 0 Å². The van der Waals surface area contributed by atoms with E-state index in [1.165, 1.54) is 42.6 Å². The van der Waals surface area contributed by atoms with Crippen molar-refractivity contribution in [3.05, 3.63) is 48.3 Å². The van der Waals surface area contributed by atoms with Crippen molar-refractivity contribution in [3.8, 4) is 0 Å². The van der Waals surface area contributed by atoms with Gasteiger partial charge < -0.3 is 14.8 Å². The number of aromatic nitrogens is 2. The highest BCUT2D eigenvalue weighted by Crippen LogP contribution is 2.31. The van der Waals surface area contributed by atoms with Crippen molar-refractivity contribution in [2.45, 2.75) is 63.8 Å². The maximum Gasteiger partial charge on any atom is 0.264 e. The first-order valence-electron chi connectivity index (χ1n) is 12.6. The quantitative estimate of drug-likeness (QED) is 0.501. The molecule has 0 bridgehead atoms. The molecule has 1 aliphatic heterocycles. The van der Waals surface area contributed by atoms with Crippen LogP contribution in [-0.4, -0.2) is 55.5 Å². The second kappa shape index (κ2) is 10.2. The molecule has 2 heterocycles. The minimum Gasteiger partial charge on any atom is -0.326 e. The van der Waals surface area contributed by atoms with E-state index in [1.54, 1.807) is 19.2 Å². The van der Waals surface area contributed by atoms with Crippen LogP contribution in [0.4, 0.5) is 11.4 Å². The van der Waals surface area contributed by atoms with E-state index in [9.17, 15) is 13.2 Å². The number of imidazole rings is 1. The van der Waals surface area contributed by atoms with Gasteiger partial charge in [0.1, 0.15) is 5.82 Å². The highest BCUT2D eigenvalue weighted by Gasteiger charge is 2.26. The van der Waals surface area contributed by atoms with E-state index in [1.807, 2.05) is 18.2 Å². The normalized spacial score (nSPS) is 15.2. The number of sulfonamides is 1. The van der Waals surface area contributed by atoms with E-state index in [4.69, 9.17) is 4.98 Å². The van der Waals surface area contributed by atoms with Gasteiger partial charge in [0.05, 0.1) is 21.6 Å². The molecule has 1 fully saturated rings. The molecule has 2 aromatic carbocycles. The Morgan fingerprint density at radius 2 is 1.69 bits per heavy atom. The van der Waals surface area contributed by atoms with Crippen LogP contribution >= 0.6 is 0 Å². The Morgan fingerprint density at radius 3 is 2.31 bits per heavy atom. The van der Waals surface area contributed by atoms with Crippen LogP contribution in [0.5, 0.6) is 0 Å². The van der Waals surface area contributed by atoms with Gasteiger partial charge in [0.2, 0.25) is 5.91 Å². The summed E-state index contributed by atoms with van der Waals surface area (Å²) < 4.78 is 30.2. The number of carbonyl (C=O) groups excluding carboxylic acids is 1. The topological polar surface area (TPSA) is 87.5 Å². The lowest BCUT2D eigenvalue weighted by atomic mass is 9.95. The number of amides is 1. The summed E-state index contributed by atoms with van der Waals surface area (Å²) >= 11 is 0. The second-order valence-corrected chi connectivity index (χ2v) is 12.6. The predicted molar refractivity (Wildman–Crippen MR) is 145 cm³/mol. The van der Waals surface area contributed by atoms with Crippen LogP contribution in [0.1, 0.15) is 52.8 Å². The van der Waals surface area contributed by atoms with Gasteiger partial charge in [-0.25, -0.2) is 13.4 Å². The zero-order valence-corrected chi connectivity index (χ0v) is 22.7. The average molecular weight is 512 g/mol. The molecule has 0 radical (unpaired) electrons. The van der Waals surface area contributed by atoms with Crippen molar-refractivity contribution in [2.75, 3.05) is 36.3 Å². The summed E-state index contributed by atoms with van der Waals surface area (Å²) in [5, 5.41) is 2.65. The summed E-state index contributed by atoms with van der Waals surface area (Å²) in [4.78, 5) is 18.9. The van der Waals surface area contributed by atoms with Gasteiger partial charge in [-0.3, -0.25) is 9.10 Å². The number of nitrogens with one attached hydrogen (secondary N) is 1. The Kier molecular flexibility index (Phi) is 7.43. The Balaban J connectivity index is 1.63. The first-order valence-corrected chi connectivity index (χ1v) is 14.0. The molecule has 1 aromatic heterocycles. The van der Waals surface area contributed by atoms with Gasteiger partial charge in [0, 0.05) is 38.2 Å². The first-order chi connectivity index (χ1) is 17.0. The number of rotatable bonds is 7. The van der Waals surface area contributed by atoms with E-state index in [2.05, 4.69) is 35.6 Å². The molecular formula is C27H37N5O3S. The molecule has 9 heteroatoms. The molecule has 8 nitrogen and oxygen atoms in total. The zero-order valence-electron chi connectivity index (χ0n) is 21.9. The van der Waals surface area contributed by atoms with Gasteiger partial charge in [-0.2, -0.15) is 0 Å². The summed E-state index contributed by atoms with van der Waals surface area (Å²) in [5.74, 6) is 0.798. The Hall–Kier alpha value is -2.91. The Labute approximate surface area is 214 Å². The number of anilines is 2. The minimum atomic E-state index is -3.78. The highest BCUT2D eigenvalue weighted by molar-refractivity contribution is 7.92. The van der Waals surface area contributed by atoms with Crippen molar-refractivity contribution >= 4 is 38.3 Å². The fourth-order valence-corrected chi connectivity index (χ4v) is 5.94. The maximum absolute atomic E-state index is 13.3. The molecule has 3 aromatic rings. The number of piperidine rings is 1. The van der Waals surface area contributed by atoms with Crippen LogP contribution in [0.3, 0.4) is 0 Å². The zero-order chi connectivity index (χ0) is 26.1. The number of nitrogens with zero attached hydrogens (tertiary/aromatic N) is 4. The third-order valence-electron chi connectivity index (χ3n) is 6.69. The van der Waals surface area contributed by atoms with Crippen LogP contribution < -0.4 is 9.62 Å². The van der Waals surface area contributed by atoms with E-state index in [-0.39, 0.29) is 16.2 Å². The number of benzene rings is 2. The summed E-state index contributed by atoms with van der Waals surface area (Å²) in [7, 11) is -2.23. The molecule has 1 aliphatic rings. The minimum absolute atomic E-state index is 0.144. The van der Waals surface area contributed by atoms with E-state index < -0.39 is 10.0 Å². The van der Waals surface area contributed by atoms with Crippen LogP contribution in [0, 0.1) is 0 Å². The largest absolute Gasteiger partial charge is 0.326 e. The molecule has 194 valence electrons. The Morgan fingerprint density at radius 1 is 1.03 bits per heavy atom. The smallest absolute Gasteiger partial charge is 0.264 e. The molecule has 1 amide bonds. The van der Waals surface area contributed by atoms with Crippen molar-refractivity contribution in [1.29, 1.82) is 0 Å². The van der Waals surface area contributed by atoms with Crippen molar-refractivity contribution in [3.63, 3.8) is 0 Å². The summed E-state index contributed by atoms with van der Waals surface area (Å²) in [5.41, 5.74) is 2.77. The molecule has 0 unspecified atom stereocenters. The van der Waals surface area contributed by atoms with E-state index in [0.717, 1.165) is 43.0 Å². The third kappa shape index (κ3) is 5.57. The molecule has 1 N–H and O–H groups in total. The Bertz CT molecular complexity index is 1330. The van der Waals surface area contributed by atoms with Gasteiger partial charge in [-0.1, -0.05) is 27.2 Å². The lowest BCUT2D eigenvalue weighted by Crippen LogP contribution is -2.33. The van der Waals surface area contributed by atoms with Crippen molar-refractivity contribution in [1.82, 2.24) is 14.5 Å². The molecule has 0 spiro atoms. The monoisotopic (exact) mass is 511 g/mol. The number of likely N-dealkylation sites (tertiary alicyclic amines) is 1. The molecule has 36 heavy (non-hydrogen) atoms. The van der Waals surface area contributed by atoms with E-state index in [0.29, 0.717) is 11.4 Å². The second-order valence-electron chi connectivity index (χ2n) is 10.6. The molecule has 4 rings (SSSR count). The third-order valence-corrected chi connectivity index (χ3v) is 8.49. The molecule has 1 saturated heterocycles. The molecule has 0 aliphatic carbocycles. The fraction of sp³-hybridized carbons (Fsp3) is 0.481. The SMILES string of the molecule is CC(=O)Nc1ccc(S(=O)(=O)N(C)c2ccc3c(c2)nc(C(C)(C)C)n3CCN2CCCCC2)cc1. The lowest BCUT2D eigenvalue weighted by molar-refractivity contribution is -0.114. The van der Waals surface area contributed by atoms with Crippen LogP contribution in [0.15, 0.2) is 47.4 Å². The van der Waals surface area contributed by atoms with Gasteiger partial charge in [-0.05, 0) is 68.4 Å². The summed E-state index contributed by atoms with van der Waals surface area (Å²) in [6.07, 6.45) is 3.84. The first kappa shape index (κ1) is 26.2. The van der Waals surface area contributed by atoms with Crippen LogP contribution in [0.2, 0.25) is 0 Å². The van der Waals surface area contributed by atoms with Crippen LogP contribution in [-0.2, 0) is 26.8 Å². The van der Waals surface area contributed by atoms with Crippen molar-refractivity contribution in [2.24, 2.45) is 0 Å². The molecule has 0 saturated carbocycles. The lowest BCUT2D eigenvalue weighted by Gasteiger charge is -2.28. The summed E-state index contributed by atoms with van der Waals surface area (Å²) in [6.45, 7) is 12.0. The van der Waals surface area contributed by atoms with Gasteiger partial charge >= 0.3 is 0 Å². The van der Waals surface area contributed by atoms with E-state index >= 15 is 0 Å². The number of hydrogen-bond donors (Lipinski definition) is 1. The highest BCUT2D eigenvalue weighted by atomic mass is 32.2. The number of hydrogen-bond acceptors (Lipinski definition) is 5. The predicted octanol–water partition coefficient (Wildman–Crippen LogP) is 4.60. The maximum atomic E-state index is 13.3. The van der Waals surface area contributed by atoms with Crippen molar-refractivity contribution < 1.29 is 13.2 Å². The summed E-state index contributed by atoms with van der Waals surface area (Å²) in [6, 6.07) is 11.9. The fourth-order valence-electron chi connectivity index (χ4n) is 4.75. The number of fused-ring (bicyclic) bond motifs is 1. The molecule has 0 atom stereocenters. The standard InChI is InChI=1S/C27H37N5O3S/c1-20(33)28-21-9-12-23(13-10-21)36(34,35)30(5)22-11-14-25-24(19-22)29-26(27(2,3)4)32(25)18-17-31-15-7-6-8-16-31/h9-14,19H,6-8,15-18H2,1-5H3,(H,28,33). The van der Waals surface area contributed by atoms with Gasteiger partial charge in [0.25, 0.3) is 10.0 Å². The molecular weight excluding hydrogens is 474 g/mol. The average Bonchev–Trinajstić information content (AvgIpc) is 3.21. The van der Waals surface area contributed by atoms with Crippen LogP contribution in [0.25, 0.3) is 11.0 Å². The number of carbonyl (C=O) groups is 1.